The Balaban J connectivity index is 1.42. The van der Waals surface area contributed by atoms with Crippen LogP contribution in [-0.4, -0.2) is 44.1 Å². The van der Waals surface area contributed by atoms with Gasteiger partial charge in [-0.3, -0.25) is 4.79 Å². The molecule has 1 amide bonds. The van der Waals surface area contributed by atoms with Crippen LogP contribution in [0.15, 0.2) is 48.5 Å². The van der Waals surface area contributed by atoms with Crippen LogP contribution < -0.4 is 9.64 Å². The first kappa shape index (κ1) is 18.6. The normalized spacial score (nSPS) is 14.4. The Morgan fingerprint density at radius 2 is 1.65 bits per heavy atom. The van der Waals surface area contributed by atoms with E-state index in [0.29, 0.717) is 6.42 Å². The lowest BCUT2D eigenvalue weighted by Gasteiger charge is -2.36. The van der Waals surface area contributed by atoms with Gasteiger partial charge in [0.2, 0.25) is 5.91 Å². The van der Waals surface area contributed by atoms with Crippen LogP contribution in [0.1, 0.15) is 18.4 Å². The molecule has 1 aliphatic rings. The molecule has 0 N–H and O–H groups in total. The van der Waals surface area contributed by atoms with Gasteiger partial charge < -0.3 is 14.5 Å². The minimum absolute atomic E-state index is 0.258. The molecule has 4 nitrogen and oxygen atoms in total. The molecule has 0 bridgehead atoms. The number of methoxy groups -OCH3 is 1. The van der Waals surface area contributed by atoms with Gasteiger partial charge in [0.05, 0.1) is 7.11 Å². The van der Waals surface area contributed by atoms with Crippen LogP contribution in [0.5, 0.6) is 5.75 Å². The Kier molecular flexibility index (Phi) is 6.40. The summed E-state index contributed by atoms with van der Waals surface area (Å²) in [6.07, 6.45) is 2.39. The monoisotopic (exact) mass is 372 g/mol. The number of aryl methyl sites for hydroxylation is 1. The summed E-state index contributed by atoms with van der Waals surface area (Å²) in [4.78, 5) is 16.7. The van der Waals surface area contributed by atoms with E-state index >= 15 is 0 Å². The average Bonchev–Trinajstić information content (AvgIpc) is 2.69. The second-order valence-electron chi connectivity index (χ2n) is 6.55. The number of amides is 1. The van der Waals surface area contributed by atoms with Gasteiger partial charge >= 0.3 is 0 Å². The number of piperazine rings is 1. The van der Waals surface area contributed by atoms with Gasteiger partial charge in [-0.25, -0.2) is 0 Å². The zero-order valence-corrected chi connectivity index (χ0v) is 15.9. The van der Waals surface area contributed by atoms with E-state index in [1.165, 1.54) is 11.3 Å². The van der Waals surface area contributed by atoms with Gasteiger partial charge in [-0.2, -0.15) is 0 Å². The summed E-state index contributed by atoms with van der Waals surface area (Å²) in [7, 11) is 1.67. The molecule has 0 saturated carbocycles. The van der Waals surface area contributed by atoms with Crippen molar-refractivity contribution in [3.63, 3.8) is 0 Å². The van der Waals surface area contributed by atoms with Crippen LogP contribution in [0.4, 0.5) is 5.69 Å². The summed E-state index contributed by atoms with van der Waals surface area (Å²) in [5, 5.41) is 0.750. The standard InChI is InChI=1S/C21H25ClN2O2/c1-26-20-11-9-19(10-12-20)23-13-15-24(16-14-23)21(25)4-2-3-17-5-7-18(22)8-6-17/h5-12H,2-4,13-16H2,1H3. The maximum atomic E-state index is 12.4. The van der Waals surface area contributed by atoms with E-state index in [0.717, 1.165) is 49.8 Å². The third-order valence-electron chi connectivity index (χ3n) is 4.84. The molecule has 0 radical (unpaired) electrons. The summed E-state index contributed by atoms with van der Waals surface area (Å²) >= 11 is 5.90. The van der Waals surface area contributed by atoms with Crippen molar-refractivity contribution in [1.82, 2.24) is 4.90 Å². The second kappa shape index (κ2) is 8.95. The number of benzene rings is 2. The van der Waals surface area contributed by atoms with Crippen LogP contribution in [0.2, 0.25) is 5.02 Å². The number of anilines is 1. The summed E-state index contributed by atoms with van der Waals surface area (Å²) in [5.74, 6) is 1.12. The van der Waals surface area contributed by atoms with Gasteiger partial charge in [0.1, 0.15) is 5.75 Å². The molecule has 2 aromatic carbocycles. The lowest BCUT2D eigenvalue weighted by atomic mass is 10.1. The Labute approximate surface area is 160 Å². The SMILES string of the molecule is COc1ccc(N2CCN(C(=O)CCCc3ccc(Cl)cc3)CC2)cc1. The molecule has 26 heavy (non-hydrogen) atoms. The summed E-state index contributed by atoms with van der Waals surface area (Å²) in [5.41, 5.74) is 2.41. The molecule has 3 rings (SSSR count). The Morgan fingerprint density at radius 1 is 1.00 bits per heavy atom. The largest absolute Gasteiger partial charge is 0.497 e. The van der Waals surface area contributed by atoms with Gasteiger partial charge in [-0.1, -0.05) is 23.7 Å². The lowest BCUT2D eigenvalue weighted by Crippen LogP contribution is -2.48. The topological polar surface area (TPSA) is 32.8 Å². The molecule has 0 aromatic heterocycles. The molecule has 2 aromatic rings. The van der Waals surface area contributed by atoms with Crippen molar-refractivity contribution in [2.24, 2.45) is 0 Å². The molecule has 0 spiro atoms. The van der Waals surface area contributed by atoms with Gasteiger partial charge in [-0.15, -0.1) is 0 Å². The number of carbonyl (C=O) groups is 1. The van der Waals surface area contributed by atoms with Crippen molar-refractivity contribution in [1.29, 1.82) is 0 Å². The predicted octanol–water partition coefficient (Wildman–Crippen LogP) is 4.02. The van der Waals surface area contributed by atoms with Gasteiger partial charge in [0, 0.05) is 43.3 Å². The van der Waals surface area contributed by atoms with E-state index in [1.54, 1.807) is 7.11 Å². The first-order valence-corrected chi connectivity index (χ1v) is 9.45. The Bertz CT molecular complexity index is 708. The fourth-order valence-corrected chi connectivity index (χ4v) is 3.39. The Hall–Kier alpha value is -2.20. The highest BCUT2D eigenvalue weighted by atomic mass is 35.5. The minimum atomic E-state index is 0.258. The van der Waals surface area contributed by atoms with Gasteiger partial charge in [0.15, 0.2) is 0 Å². The fraction of sp³-hybridized carbons (Fsp3) is 0.381. The Morgan fingerprint density at radius 3 is 2.27 bits per heavy atom. The maximum Gasteiger partial charge on any atom is 0.222 e. The third kappa shape index (κ3) is 4.92. The number of hydrogen-bond acceptors (Lipinski definition) is 3. The van der Waals surface area contributed by atoms with Gasteiger partial charge in [0.25, 0.3) is 0 Å². The van der Waals surface area contributed by atoms with Crippen molar-refractivity contribution in [2.45, 2.75) is 19.3 Å². The van der Waals surface area contributed by atoms with Crippen molar-refractivity contribution in [3.8, 4) is 5.75 Å². The second-order valence-corrected chi connectivity index (χ2v) is 6.98. The van der Waals surface area contributed by atoms with E-state index in [4.69, 9.17) is 16.3 Å². The lowest BCUT2D eigenvalue weighted by molar-refractivity contribution is -0.131. The number of nitrogens with zero attached hydrogens (tertiary/aromatic N) is 2. The van der Waals surface area contributed by atoms with Crippen molar-refractivity contribution < 1.29 is 9.53 Å². The zero-order chi connectivity index (χ0) is 18.4. The molecular weight excluding hydrogens is 348 g/mol. The highest BCUT2D eigenvalue weighted by molar-refractivity contribution is 6.30. The van der Waals surface area contributed by atoms with E-state index in [1.807, 2.05) is 41.3 Å². The highest BCUT2D eigenvalue weighted by Crippen LogP contribution is 2.21. The smallest absolute Gasteiger partial charge is 0.222 e. The maximum absolute atomic E-state index is 12.4. The van der Waals surface area contributed by atoms with Crippen LogP contribution >= 0.6 is 11.6 Å². The number of carbonyl (C=O) groups excluding carboxylic acids is 1. The minimum Gasteiger partial charge on any atom is -0.497 e. The van der Waals surface area contributed by atoms with Crippen LogP contribution in [-0.2, 0) is 11.2 Å². The van der Waals surface area contributed by atoms with Crippen molar-refractivity contribution in [3.05, 3.63) is 59.1 Å². The van der Waals surface area contributed by atoms with Crippen molar-refractivity contribution in [2.75, 3.05) is 38.2 Å². The van der Waals surface area contributed by atoms with E-state index in [2.05, 4.69) is 17.0 Å². The first-order valence-electron chi connectivity index (χ1n) is 9.07. The van der Waals surface area contributed by atoms with Crippen LogP contribution in [0.3, 0.4) is 0 Å². The number of halogens is 1. The molecule has 0 aliphatic carbocycles. The molecule has 1 saturated heterocycles. The van der Waals surface area contributed by atoms with Crippen molar-refractivity contribution >= 4 is 23.2 Å². The molecule has 1 fully saturated rings. The third-order valence-corrected chi connectivity index (χ3v) is 5.09. The predicted molar refractivity (Wildman–Crippen MR) is 106 cm³/mol. The number of rotatable bonds is 6. The molecule has 0 atom stereocenters. The zero-order valence-electron chi connectivity index (χ0n) is 15.2. The molecule has 1 heterocycles. The average molecular weight is 373 g/mol. The molecule has 5 heteroatoms. The highest BCUT2D eigenvalue weighted by Gasteiger charge is 2.20. The van der Waals surface area contributed by atoms with Gasteiger partial charge in [-0.05, 0) is 54.8 Å². The molecule has 1 aliphatic heterocycles. The molecule has 0 unspecified atom stereocenters. The summed E-state index contributed by atoms with van der Waals surface area (Å²) < 4.78 is 5.20. The molecule has 138 valence electrons. The summed E-state index contributed by atoms with van der Waals surface area (Å²) in [6.45, 7) is 3.31. The fourth-order valence-electron chi connectivity index (χ4n) is 3.26. The van der Waals surface area contributed by atoms with Crippen LogP contribution in [0, 0.1) is 0 Å². The van der Waals surface area contributed by atoms with E-state index < -0.39 is 0 Å². The first-order chi connectivity index (χ1) is 12.7. The number of hydrogen-bond donors (Lipinski definition) is 0. The quantitative estimate of drug-likeness (QED) is 0.767. The van der Waals surface area contributed by atoms with Crippen LogP contribution in [0.25, 0.3) is 0 Å². The summed E-state index contributed by atoms with van der Waals surface area (Å²) in [6, 6.07) is 16.0. The molecular formula is C21H25ClN2O2. The van der Waals surface area contributed by atoms with E-state index in [9.17, 15) is 4.79 Å². The number of ether oxygens (including phenoxy) is 1. The van der Waals surface area contributed by atoms with E-state index in [-0.39, 0.29) is 5.91 Å².